The Balaban J connectivity index is 2.07. The van der Waals surface area contributed by atoms with Gasteiger partial charge in [0.1, 0.15) is 0 Å². The Labute approximate surface area is 65.9 Å². The molecule has 2 aliphatic rings. The Morgan fingerprint density at radius 1 is 1.64 bits per heavy atom. The molecular weight excluding hydrogens is 142 g/mol. The fraction of sp³-hybridized carbons (Fsp3) is 0.857. The standard InChI is InChI=1S/C7H13N3O/c1-8-6(11)7-4-2-3-5-10(7)9-7/h9H,2-5H2,1H3,(H,8,11). The normalized spacial score (nSPS) is 41.0. The predicted octanol–water partition coefficient (Wildman–Crippen LogP) is -0.567. The number of piperidine rings is 1. The summed E-state index contributed by atoms with van der Waals surface area (Å²) >= 11 is 0. The third-order valence-electron chi connectivity index (χ3n) is 2.50. The Bertz CT molecular complexity index is 194. The van der Waals surface area contributed by atoms with Crippen molar-refractivity contribution in [3.8, 4) is 0 Å². The van der Waals surface area contributed by atoms with E-state index in [0.717, 1.165) is 19.4 Å². The zero-order valence-electron chi connectivity index (χ0n) is 6.68. The molecule has 0 radical (unpaired) electrons. The second-order valence-corrected chi connectivity index (χ2v) is 3.16. The molecule has 2 aliphatic heterocycles. The van der Waals surface area contributed by atoms with Gasteiger partial charge >= 0.3 is 0 Å². The van der Waals surface area contributed by atoms with E-state index in [9.17, 15) is 4.79 Å². The Kier molecular flexibility index (Phi) is 1.40. The minimum absolute atomic E-state index is 0.109. The molecular formula is C7H13N3O. The zero-order chi connectivity index (χ0) is 7.90. The average molecular weight is 155 g/mol. The number of nitrogens with zero attached hydrogens (tertiary/aromatic N) is 1. The summed E-state index contributed by atoms with van der Waals surface area (Å²) in [5.41, 5.74) is 2.80. The van der Waals surface area contributed by atoms with Gasteiger partial charge in [0.05, 0.1) is 0 Å². The number of rotatable bonds is 1. The van der Waals surface area contributed by atoms with Crippen molar-refractivity contribution in [3.63, 3.8) is 0 Å². The van der Waals surface area contributed by atoms with E-state index in [4.69, 9.17) is 0 Å². The fourth-order valence-corrected chi connectivity index (χ4v) is 1.78. The van der Waals surface area contributed by atoms with Crippen LogP contribution >= 0.6 is 0 Å². The summed E-state index contributed by atoms with van der Waals surface area (Å²) in [5, 5.41) is 4.70. The monoisotopic (exact) mass is 155 g/mol. The predicted molar refractivity (Wildman–Crippen MR) is 40.5 cm³/mol. The molecule has 0 spiro atoms. The Morgan fingerprint density at radius 2 is 2.45 bits per heavy atom. The number of likely N-dealkylation sites (N-methyl/N-ethyl adjacent to an activating group) is 1. The maximum absolute atomic E-state index is 11.3. The summed E-state index contributed by atoms with van der Waals surface area (Å²) in [6.07, 6.45) is 3.30. The lowest BCUT2D eigenvalue weighted by Crippen LogP contribution is -2.41. The summed E-state index contributed by atoms with van der Waals surface area (Å²) in [6, 6.07) is 0. The quantitative estimate of drug-likeness (QED) is 0.499. The second kappa shape index (κ2) is 2.19. The van der Waals surface area contributed by atoms with Crippen molar-refractivity contribution in [3.05, 3.63) is 0 Å². The molecule has 4 nitrogen and oxygen atoms in total. The van der Waals surface area contributed by atoms with Crippen LogP contribution in [0.4, 0.5) is 0 Å². The minimum Gasteiger partial charge on any atom is -0.356 e. The molecule has 11 heavy (non-hydrogen) atoms. The van der Waals surface area contributed by atoms with Gasteiger partial charge in [0.25, 0.3) is 5.91 Å². The minimum atomic E-state index is -0.312. The molecule has 2 saturated heterocycles. The van der Waals surface area contributed by atoms with Crippen molar-refractivity contribution in [1.82, 2.24) is 15.8 Å². The molecule has 2 unspecified atom stereocenters. The fourth-order valence-electron chi connectivity index (χ4n) is 1.78. The van der Waals surface area contributed by atoms with Crippen LogP contribution in [0.25, 0.3) is 0 Å². The number of carbonyl (C=O) groups is 1. The van der Waals surface area contributed by atoms with Crippen molar-refractivity contribution in [1.29, 1.82) is 0 Å². The molecule has 0 bridgehead atoms. The summed E-state index contributed by atoms with van der Waals surface area (Å²) in [6.45, 7) is 1.01. The molecule has 0 aromatic heterocycles. The highest BCUT2D eigenvalue weighted by atomic mass is 16.2. The van der Waals surface area contributed by atoms with Crippen LogP contribution in [0.1, 0.15) is 19.3 Å². The molecule has 0 saturated carbocycles. The molecule has 0 aromatic rings. The summed E-state index contributed by atoms with van der Waals surface area (Å²) in [4.78, 5) is 11.3. The first-order chi connectivity index (χ1) is 5.29. The second-order valence-electron chi connectivity index (χ2n) is 3.16. The van der Waals surface area contributed by atoms with Crippen molar-refractivity contribution >= 4 is 5.91 Å². The van der Waals surface area contributed by atoms with Gasteiger partial charge in [-0.05, 0) is 19.3 Å². The van der Waals surface area contributed by atoms with Crippen LogP contribution in [0, 0.1) is 0 Å². The largest absolute Gasteiger partial charge is 0.356 e. The number of hydrogen-bond acceptors (Lipinski definition) is 3. The highest BCUT2D eigenvalue weighted by Crippen LogP contribution is 2.35. The van der Waals surface area contributed by atoms with E-state index in [1.165, 1.54) is 6.42 Å². The van der Waals surface area contributed by atoms with Gasteiger partial charge in [-0.1, -0.05) is 0 Å². The van der Waals surface area contributed by atoms with Gasteiger partial charge in [0, 0.05) is 13.6 Å². The van der Waals surface area contributed by atoms with Gasteiger partial charge in [-0.3, -0.25) is 4.79 Å². The number of hydrazine groups is 1. The molecule has 4 heteroatoms. The van der Waals surface area contributed by atoms with E-state index in [1.54, 1.807) is 7.05 Å². The molecule has 2 fully saturated rings. The van der Waals surface area contributed by atoms with Crippen LogP contribution in [0.2, 0.25) is 0 Å². The van der Waals surface area contributed by atoms with Crippen molar-refractivity contribution in [2.24, 2.45) is 0 Å². The lowest BCUT2D eigenvalue weighted by Gasteiger charge is -2.17. The number of carbonyl (C=O) groups excluding carboxylic acids is 1. The summed E-state index contributed by atoms with van der Waals surface area (Å²) in [7, 11) is 1.68. The van der Waals surface area contributed by atoms with Gasteiger partial charge in [0.15, 0.2) is 5.66 Å². The molecule has 2 atom stereocenters. The molecule has 2 heterocycles. The van der Waals surface area contributed by atoms with Crippen LogP contribution in [-0.4, -0.2) is 30.2 Å². The van der Waals surface area contributed by atoms with E-state index in [2.05, 4.69) is 10.7 Å². The maximum Gasteiger partial charge on any atom is 0.257 e. The highest BCUT2D eigenvalue weighted by Gasteiger charge is 2.58. The first kappa shape index (κ1) is 7.06. The highest BCUT2D eigenvalue weighted by molar-refractivity contribution is 5.88. The van der Waals surface area contributed by atoms with Crippen molar-refractivity contribution in [2.45, 2.75) is 24.9 Å². The summed E-state index contributed by atoms with van der Waals surface area (Å²) < 4.78 is 0. The SMILES string of the molecule is CNC(=O)C12CCCCN1N2. The lowest BCUT2D eigenvalue weighted by atomic mass is 10.0. The van der Waals surface area contributed by atoms with Crippen molar-refractivity contribution in [2.75, 3.05) is 13.6 Å². The first-order valence-corrected chi connectivity index (χ1v) is 4.07. The molecule has 2 N–H and O–H groups in total. The molecule has 0 aliphatic carbocycles. The van der Waals surface area contributed by atoms with Gasteiger partial charge in [-0.15, -0.1) is 0 Å². The lowest BCUT2D eigenvalue weighted by molar-refractivity contribution is -0.125. The topological polar surface area (TPSA) is 54.0 Å². The third kappa shape index (κ3) is 0.862. The van der Waals surface area contributed by atoms with Crippen molar-refractivity contribution < 1.29 is 4.79 Å². The third-order valence-corrected chi connectivity index (χ3v) is 2.50. The van der Waals surface area contributed by atoms with Gasteiger partial charge < -0.3 is 5.32 Å². The van der Waals surface area contributed by atoms with Crippen LogP contribution in [0.5, 0.6) is 0 Å². The number of fused-ring (bicyclic) bond motifs is 1. The molecule has 0 aromatic carbocycles. The van der Waals surface area contributed by atoms with Gasteiger partial charge in [0.2, 0.25) is 0 Å². The maximum atomic E-state index is 11.3. The number of hydrogen-bond donors (Lipinski definition) is 2. The summed E-state index contributed by atoms with van der Waals surface area (Å²) in [5.74, 6) is 0.109. The van der Waals surface area contributed by atoms with E-state index in [-0.39, 0.29) is 11.6 Å². The van der Waals surface area contributed by atoms with Crippen LogP contribution < -0.4 is 10.7 Å². The van der Waals surface area contributed by atoms with Gasteiger partial charge in [-0.2, -0.15) is 0 Å². The number of nitrogens with one attached hydrogen (secondary N) is 2. The Morgan fingerprint density at radius 3 is 3.09 bits per heavy atom. The smallest absolute Gasteiger partial charge is 0.257 e. The zero-order valence-corrected chi connectivity index (χ0v) is 6.68. The first-order valence-electron chi connectivity index (χ1n) is 4.07. The van der Waals surface area contributed by atoms with E-state index >= 15 is 0 Å². The van der Waals surface area contributed by atoms with E-state index in [0.29, 0.717) is 0 Å². The molecule has 62 valence electrons. The molecule has 2 rings (SSSR count). The number of amides is 1. The van der Waals surface area contributed by atoms with Crippen LogP contribution in [-0.2, 0) is 4.79 Å². The average Bonchev–Trinajstić information content (AvgIpc) is 2.78. The van der Waals surface area contributed by atoms with Gasteiger partial charge in [-0.25, -0.2) is 10.4 Å². The molecule has 1 amide bonds. The van der Waals surface area contributed by atoms with Crippen LogP contribution in [0.15, 0.2) is 0 Å². The van der Waals surface area contributed by atoms with E-state index in [1.807, 2.05) is 5.01 Å². The Hall–Kier alpha value is -0.610. The van der Waals surface area contributed by atoms with Crippen LogP contribution in [0.3, 0.4) is 0 Å². The van der Waals surface area contributed by atoms with E-state index < -0.39 is 0 Å².